The second-order valence-electron chi connectivity index (χ2n) is 4.09. The van der Waals surface area contributed by atoms with Crippen molar-refractivity contribution in [3.8, 4) is 5.75 Å². The summed E-state index contributed by atoms with van der Waals surface area (Å²) < 4.78 is 6.33. The number of halogens is 2. The van der Waals surface area contributed by atoms with Crippen molar-refractivity contribution in [2.45, 2.75) is 6.92 Å². The Morgan fingerprint density at radius 2 is 2.25 bits per heavy atom. The number of benzene rings is 1. The molecule has 1 amide bonds. The summed E-state index contributed by atoms with van der Waals surface area (Å²) in [7, 11) is 0. The van der Waals surface area contributed by atoms with Gasteiger partial charge in [0, 0.05) is 10.7 Å². The predicted molar refractivity (Wildman–Crippen MR) is 82.3 cm³/mol. The molecule has 1 N–H and O–H groups in total. The lowest BCUT2D eigenvalue weighted by Crippen LogP contribution is -2.21. The average Bonchev–Trinajstić information content (AvgIpc) is 2.38. The highest BCUT2D eigenvalue weighted by Gasteiger charge is 2.10. The summed E-state index contributed by atoms with van der Waals surface area (Å²) in [6.07, 6.45) is 1.60. The number of anilines is 1. The quantitative estimate of drug-likeness (QED) is 0.907. The van der Waals surface area contributed by atoms with Gasteiger partial charge >= 0.3 is 0 Å². The molecule has 1 aromatic heterocycles. The van der Waals surface area contributed by atoms with Gasteiger partial charge < -0.3 is 10.1 Å². The third-order valence-corrected chi connectivity index (χ3v) is 3.21. The van der Waals surface area contributed by atoms with Crippen molar-refractivity contribution in [2.75, 3.05) is 11.9 Å². The maximum absolute atomic E-state index is 11.7. The van der Waals surface area contributed by atoms with Crippen LogP contribution in [-0.2, 0) is 4.79 Å². The minimum Gasteiger partial charge on any atom is -0.482 e. The van der Waals surface area contributed by atoms with Crippen molar-refractivity contribution in [3.05, 3.63) is 51.6 Å². The van der Waals surface area contributed by atoms with E-state index in [1.807, 2.05) is 13.0 Å². The van der Waals surface area contributed by atoms with E-state index in [-0.39, 0.29) is 12.5 Å². The molecule has 20 heavy (non-hydrogen) atoms. The van der Waals surface area contributed by atoms with Gasteiger partial charge in [-0.05, 0) is 36.8 Å². The lowest BCUT2D eigenvalue weighted by atomic mass is 10.2. The summed E-state index contributed by atoms with van der Waals surface area (Å²) in [4.78, 5) is 15.7. The molecule has 0 bridgehead atoms. The normalized spacial score (nSPS) is 10.2. The molecule has 0 atom stereocenters. The fourth-order valence-corrected chi connectivity index (χ4v) is 2.65. The predicted octanol–water partition coefficient (Wildman–Crippen LogP) is 3.82. The molecule has 0 spiro atoms. The number of nitrogens with one attached hydrogen (secondary N) is 1. The summed E-state index contributed by atoms with van der Waals surface area (Å²) >= 11 is 9.42. The molecular formula is C14H12BrClN2O2. The molecule has 1 aromatic carbocycles. The molecule has 6 heteroatoms. The number of hydrogen-bond donors (Lipinski definition) is 1. The first kappa shape index (κ1) is 14.8. The molecule has 0 aliphatic carbocycles. The second-order valence-corrected chi connectivity index (χ2v) is 5.41. The van der Waals surface area contributed by atoms with Crippen molar-refractivity contribution < 1.29 is 9.53 Å². The highest BCUT2D eigenvalue weighted by molar-refractivity contribution is 9.10. The van der Waals surface area contributed by atoms with Crippen molar-refractivity contribution in [2.24, 2.45) is 0 Å². The number of amides is 1. The van der Waals surface area contributed by atoms with Crippen molar-refractivity contribution in [3.63, 3.8) is 0 Å². The molecule has 2 rings (SSSR count). The first-order chi connectivity index (χ1) is 9.56. The number of rotatable bonds is 4. The first-order valence-corrected chi connectivity index (χ1v) is 7.02. The van der Waals surface area contributed by atoms with E-state index in [2.05, 4.69) is 26.2 Å². The van der Waals surface area contributed by atoms with Gasteiger partial charge in [-0.3, -0.25) is 4.79 Å². The Kier molecular flexibility index (Phi) is 4.98. The van der Waals surface area contributed by atoms with Gasteiger partial charge in [0.15, 0.2) is 6.61 Å². The summed E-state index contributed by atoms with van der Waals surface area (Å²) in [6, 6.07) is 8.87. The number of aryl methyl sites for hydroxylation is 1. The van der Waals surface area contributed by atoms with Crippen LogP contribution in [0.3, 0.4) is 0 Å². The van der Waals surface area contributed by atoms with E-state index in [0.717, 1.165) is 10.0 Å². The van der Waals surface area contributed by atoms with E-state index in [4.69, 9.17) is 16.3 Å². The van der Waals surface area contributed by atoms with Crippen LogP contribution in [0.4, 0.5) is 5.82 Å². The molecule has 0 fully saturated rings. The molecule has 0 aliphatic rings. The topological polar surface area (TPSA) is 51.2 Å². The van der Waals surface area contributed by atoms with E-state index in [0.29, 0.717) is 16.6 Å². The second kappa shape index (κ2) is 6.72. The van der Waals surface area contributed by atoms with Crippen LogP contribution in [-0.4, -0.2) is 17.5 Å². The summed E-state index contributed by atoms with van der Waals surface area (Å²) in [6.45, 7) is 1.74. The maximum Gasteiger partial charge on any atom is 0.263 e. The fraction of sp³-hybridized carbons (Fsp3) is 0.143. The molecule has 0 unspecified atom stereocenters. The molecular weight excluding hydrogens is 344 g/mol. The van der Waals surface area contributed by atoms with Crippen LogP contribution < -0.4 is 10.1 Å². The third kappa shape index (κ3) is 3.95. The van der Waals surface area contributed by atoms with Gasteiger partial charge in [-0.1, -0.05) is 33.6 Å². The van der Waals surface area contributed by atoms with E-state index in [1.165, 1.54) is 0 Å². The van der Waals surface area contributed by atoms with Gasteiger partial charge in [-0.2, -0.15) is 0 Å². The Bertz CT molecular complexity index is 597. The SMILES string of the molecule is Cc1cc(Br)cc(Cl)c1OCC(=O)Nc1ccccn1. The number of carbonyl (C=O) groups is 1. The number of ether oxygens (including phenoxy) is 1. The van der Waals surface area contributed by atoms with E-state index in [9.17, 15) is 4.79 Å². The van der Waals surface area contributed by atoms with E-state index >= 15 is 0 Å². The number of pyridine rings is 1. The number of nitrogens with zero attached hydrogens (tertiary/aromatic N) is 1. The molecule has 0 saturated carbocycles. The van der Waals surface area contributed by atoms with Gasteiger partial charge in [0.2, 0.25) is 0 Å². The molecule has 0 aliphatic heterocycles. The summed E-state index contributed by atoms with van der Waals surface area (Å²) in [5.74, 6) is 0.702. The Labute approximate surface area is 130 Å². The van der Waals surface area contributed by atoms with Crippen LogP contribution in [0, 0.1) is 6.92 Å². The minimum absolute atomic E-state index is 0.126. The minimum atomic E-state index is -0.290. The molecule has 0 saturated heterocycles. The molecule has 0 radical (unpaired) electrons. The van der Waals surface area contributed by atoms with E-state index in [1.54, 1.807) is 30.5 Å². The van der Waals surface area contributed by atoms with Crippen LogP contribution in [0.1, 0.15) is 5.56 Å². The Morgan fingerprint density at radius 3 is 2.90 bits per heavy atom. The fourth-order valence-electron chi connectivity index (χ4n) is 1.63. The smallest absolute Gasteiger partial charge is 0.263 e. The van der Waals surface area contributed by atoms with Crippen molar-refractivity contribution in [1.29, 1.82) is 0 Å². The van der Waals surface area contributed by atoms with Gasteiger partial charge in [-0.15, -0.1) is 0 Å². The highest BCUT2D eigenvalue weighted by atomic mass is 79.9. The zero-order valence-corrected chi connectivity index (χ0v) is 13.0. The van der Waals surface area contributed by atoms with Gasteiger partial charge in [0.05, 0.1) is 5.02 Å². The average molecular weight is 356 g/mol. The van der Waals surface area contributed by atoms with Gasteiger partial charge in [0.25, 0.3) is 5.91 Å². The lowest BCUT2D eigenvalue weighted by molar-refractivity contribution is -0.118. The Morgan fingerprint density at radius 1 is 1.45 bits per heavy atom. The van der Waals surface area contributed by atoms with Gasteiger partial charge in [-0.25, -0.2) is 4.98 Å². The summed E-state index contributed by atoms with van der Waals surface area (Å²) in [5, 5.41) is 3.10. The van der Waals surface area contributed by atoms with Crippen LogP contribution in [0.5, 0.6) is 5.75 Å². The zero-order valence-electron chi connectivity index (χ0n) is 10.7. The van der Waals surface area contributed by atoms with Crippen LogP contribution in [0.15, 0.2) is 41.0 Å². The Hall–Kier alpha value is -1.59. The maximum atomic E-state index is 11.7. The zero-order chi connectivity index (χ0) is 14.5. The third-order valence-electron chi connectivity index (χ3n) is 2.47. The number of aromatic nitrogens is 1. The van der Waals surface area contributed by atoms with E-state index < -0.39 is 0 Å². The first-order valence-electron chi connectivity index (χ1n) is 5.85. The van der Waals surface area contributed by atoms with Crippen LogP contribution in [0.2, 0.25) is 5.02 Å². The lowest BCUT2D eigenvalue weighted by Gasteiger charge is -2.11. The Balaban J connectivity index is 1.97. The summed E-state index contributed by atoms with van der Waals surface area (Å²) in [5.41, 5.74) is 0.856. The number of carbonyl (C=O) groups excluding carboxylic acids is 1. The highest BCUT2D eigenvalue weighted by Crippen LogP contribution is 2.31. The molecule has 4 nitrogen and oxygen atoms in total. The van der Waals surface area contributed by atoms with Crippen LogP contribution in [0.25, 0.3) is 0 Å². The molecule has 104 valence electrons. The standard InChI is InChI=1S/C14H12BrClN2O2/c1-9-6-10(15)7-11(16)14(9)20-8-13(19)18-12-4-2-3-5-17-12/h2-7H,8H2,1H3,(H,17,18,19). The van der Waals surface area contributed by atoms with Crippen molar-refractivity contribution in [1.82, 2.24) is 4.98 Å². The van der Waals surface area contributed by atoms with Gasteiger partial charge in [0.1, 0.15) is 11.6 Å². The molecule has 2 aromatic rings. The van der Waals surface area contributed by atoms with Crippen molar-refractivity contribution >= 4 is 39.3 Å². The largest absolute Gasteiger partial charge is 0.482 e. The van der Waals surface area contributed by atoms with Crippen LogP contribution >= 0.6 is 27.5 Å². The number of hydrogen-bond acceptors (Lipinski definition) is 3. The monoisotopic (exact) mass is 354 g/mol. The molecule has 1 heterocycles.